The zero-order valence-electron chi connectivity index (χ0n) is 23.9. The quantitative estimate of drug-likeness (QED) is 0.195. The number of aromatic hydroxyl groups is 1. The van der Waals surface area contributed by atoms with Crippen LogP contribution in [0.3, 0.4) is 0 Å². The van der Waals surface area contributed by atoms with Crippen molar-refractivity contribution in [3.63, 3.8) is 0 Å². The number of phenolic OH excluding ortho intramolecular Hbond substituents is 1. The van der Waals surface area contributed by atoms with E-state index in [0.717, 1.165) is 20.3 Å². The Morgan fingerprint density at radius 2 is 1.42 bits per heavy atom. The van der Waals surface area contributed by atoms with Gasteiger partial charge < -0.3 is 34.7 Å². The van der Waals surface area contributed by atoms with E-state index in [1.165, 1.54) is 23.5 Å². The summed E-state index contributed by atoms with van der Waals surface area (Å²) in [7, 11) is 2.08. The van der Waals surface area contributed by atoms with Gasteiger partial charge in [-0.2, -0.15) is 13.2 Å². The highest BCUT2D eigenvalue weighted by atomic mass is 19.4. The van der Waals surface area contributed by atoms with Crippen LogP contribution in [0.4, 0.5) is 18.0 Å². The predicted octanol–water partition coefficient (Wildman–Crippen LogP) is 3.37. The molecule has 0 saturated heterocycles. The van der Waals surface area contributed by atoms with Crippen LogP contribution in [0.25, 0.3) is 0 Å². The number of rotatable bonds is 11. The van der Waals surface area contributed by atoms with Crippen LogP contribution in [0, 0.1) is 0 Å². The molecular formula is C28H31F3N2O10. The number of alkyl carbamates (subject to hydrolysis) is 1. The first-order valence-electron chi connectivity index (χ1n) is 12.6. The van der Waals surface area contributed by atoms with Gasteiger partial charge in [0.1, 0.15) is 23.4 Å². The van der Waals surface area contributed by atoms with Crippen LogP contribution in [0.5, 0.6) is 17.2 Å². The number of hydrogen-bond donors (Lipinski definition) is 3. The third-order valence-corrected chi connectivity index (χ3v) is 5.55. The number of amides is 2. The number of ether oxygens (including phenoxy) is 4. The molecule has 2 amide bonds. The van der Waals surface area contributed by atoms with Crippen molar-refractivity contribution < 1.29 is 61.2 Å². The number of nitrogens with one attached hydrogen (secondary N) is 2. The van der Waals surface area contributed by atoms with Crippen molar-refractivity contribution in [2.24, 2.45) is 0 Å². The summed E-state index contributed by atoms with van der Waals surface area (Å²) in [6.45, 7) is 4.98. The van der Waals surface area contributed by atoms with Crippen LogP contribution in [-0.4, -0.2) is 73.4 Å². The SMILES string of the molecule is COC(=O)[C@H](Cc1ccc(Oc2cc(C[C@H](NC(=O)C(F)(F)F)C(=O)OC)cc(C=O)c2O)cc1)NC(=O)OC(C)(C)C. The molecule has 2 rings (SSSR count). The zero-order chi connectivity index (χ0) is 32.5. The Bertz CT molecular complexity index is 1340. The maximum atomic E-state index is 12.8. The highest BCUT2D eigenvalue weighted by Crippen LogP contribution is 2.35. The number of halogens is 3. The smallest absolute Gasteiger partial charge is 0.471 e. The lowest BCUT2D eigenvalue weighted by atomic mass is 10.0. The molecule has 0 bridgehead atoms. The van der Waals surface area contributed by atoms with E-state index in [2.05, 4.69) is 10.1 Å². The minimum absolute atomic E-state index is 0.0147. The molecule has 0 aromatic heterocycles. The van der Waals surface area contributed by atoms with Crippen molar-refractivity contribution in [2.75, 3.05) is 14.2 Å². The standard InChI is InChI=1S/C28H31F3N2O10/c1-27(2,3)43-26(39)33-20(24(37)41-5)11-15-6-8-18(9-7-15)42-21-13-16(10-17(14-34)22(21)35)12-19(23(36)40-4)32-25(38)28(29,30)31/h6-10,13-14,19-20,35H,11-12H2,1-5H3,(H,32,38)(H,33,39)/t19-,20-/m0/s1. The molecule has 0 aliphatic rings. The molecule has 0 aliphatic carbocycles. The minimum atomic E-state index is -5.27. The molecule has 234 valence electrons. The number of benzene rings is 2. The number of carbonyl (C=O) groups excluding carboxylic acids is 5. The second kappa shape index (κ2) is 14.4. The van der Waals surface area contributed by atoms with Crippen molar-refractivity contribution in [1.29, 1.82) is 0 Å². The molecule has 12 nitrogen and oxygen atoms in total. The maximum Gasteiger partial charge on any atom is 0.471 e. The van der Waals surface area contributed by atoms with Crippen molar-refractivity contribution in [3.8, 4) is 17.2 Å². The average Bonchev–Trinajstić information content (AvgIpc) is 2.92. The first-order valence-corrected chi connectivity index (χ1v) is 12.6. The summed E-state index contributed by atoms with van der Waals surface area (Å²) in [4.78, 5) is 59.4. The Balaban J connectivity index is 2.27. The first-order chi connectivity index (χ1) is 20.0. The molecule has 0 aliphatic heterocycles. The lowest BCUT2D eigenvalue weighted by molar-refractivity contribution is -0.175. The molecule has 0 fully saturated rings. The van der Waals surface area contributed by atoms with E-state index in [9.17, 15) is 42.3 Å². The molecule has 2 atom stereocenters. The number of alkyl halides is 3. The van der Waals surface area contributed by atoms with Gasteiger partial charge in [-0.3, -0.25) is 9.59 Å². The van der Waals surface area contributed by atoms with Crippen LogP contribution in [0.2, 0.25) is 0 Å². The van der Waals surface area contributed by atoms with Gasteiger partial charge >= 0.3 is 30.1 Å². The Hall–Kier alpha value is -4.82. The minimum Gasteiger partial charge on any atom is -0.504 e. The molecule has 0 unspecified atom stereocenters. The fourth-order valence-electron chi connectivity index (χ4n) is 3.63. The molecule has 43 heavy (non-hydrogen) atoms. The highest BCUT2D eigenvalue weighted by molar-refractivity contribution is 5.88. The highest BCUT2D eigenvalue weighted by Gasteiger charge is 2.41. The lowest BCUT2D eigenvalue weighted by Gasteiger charge is -2.22. The van der Waals surface area contributed by atoms with Gasteiger partial charge in [0.2, 0.25) is 0 Å². The third kappa shape index (κ3) is 10.5. The van der Waals surface area contributed by atoms with Crippen molar-refractivity contribution in [2.45, 2.75) is 57.5 Å². The van der Waals surface area contributed by atoms with E-state index in [1.54, 1.807) is 32.9 Å². The molecule has 2 aromatic rings. The summed E-state index contributed by atoms with van der Waals surface area (Å²) < 4.78 is 58.3. The largest absolute Gasteiger partial charge is 0.504 e. The molecule has 0 radical (unpaired) electrons. The van der Waals surface area contributed by atoms with Gasteiger partial charge in [-0.1, -0.05) is 12.1 Å². The number of phenols is 1. The number of esters is 2. The van der Waals surface area contributed by atoms with E-state index in [1.807, 2.05) is 0 Å². The monoisotopic (exact) mass is 612 g/mol. The summed E-state index contributed by atoms with van der Waals surface area (Å²) in [5.41, 5.74) is -0.484. The Kier molecular flexibility index (Phi) is 11.5. The molecule has 2 aromatic carbocycles. The summed E-state index contributed by atoms with van der Waals surface area (Å²) in [5.74, 6) is -5.00. The first kappa shape index (κ1) is 34.4. The van der Waals surface area contributed by atoms with Crippen LogP contribution in [0.15, 0.2) is 36.4 Å². The van der Waals surface area contributed by atoms with Gasteiger partial charge in [0.05, 0.1) is 19.8 Å². The second-order valence-electron chi connectivity index (χ2n) is 10.1. The fraction of sp³-hybridized carbons (Fsp3) is 0.393. The van der Waals surface area contributed by atoms with Gasteiger partial charge in [-0.15, -0.1) is 0 Å². The van der Waals surface area contributed by atoms with Crippen molar-refractivity contribution in [3.05, 3.63) is 53.1 Å². The summed E-state index contributed by atoms with van der Waals surface area (Å²) >= 11 is 0. The molecule has 0 saturated carbocycles. The number of methoxy groups -OCH3 is 2. The van der Waals surface area contributed by atoms with E-state index in [0.29, 0.717) is 5.56 Å². The summed E-state index contributed by atoms with van der Waals surface area (Å²) in [5, 5.41) is 14.5. The Labute approximate surface area is 244 Å². The normalized spacial score (nSPS) is 12.7. The van der Waals surface area contributed by atoms with E-state index in [4.69, 9.17) is 14.2 Å². The van der Waals surface area contributed by atoms with Crippen LogP contribution in [0.1, 0.15) is 42.3 Å². The fourth-order valence-corrected chi connectivity index (χ4v) is 3.63. The van der Waals surface area contributed by atoms with Crippen LogP contribution >= 0.6 is 0 Å². The van der Waals surface area contributed by atoms with Gasteiger partial charge in [0.25, 0.3) is 0 Å². The number of aldehydes is 1. The van der Waals surface area contributed by atoms with Gasteiger partial charge in [0.15, 0.2) is 17.8 Å². The Morgan fingerprint density at radius 3 is 1.91 bits per heavy atom. The lowest BCUT2D eigenvalue weighted by Crippen LogP contribution is -2.48. The summed E-state index contributed by atoms with van der Waals surface area (Å²) in [6.07, 6.45) is -6.35. The average molecular weight is 613 g/mol. The van der Waals surface area contributed by atoms with E-state index < -0.39 is 60.0 Å². The van der Waals surface area contributed by atoms with Crippen molar-refractivity contribution in [1.82, 2.24) is 10.6 Å². The summed E-state index contributed by atoms with van der Waals surface area (Å²) in [6, 6.07) is 5.42. The molecule has 3 N–H and O–H groups in total. The molecule has 0 heterocycles. The molecule has 0 spiro atoms. The van der Waals surface area contributed by atoms with E-state index >= 15 is 0 Å². The van der Waals surface area contributed by atoms with E-state index in [-0.39, 0.29) is 35.3 Å². The number of hydrogen-bond acceptors (Lipinski definition) is 10. The third-order valence-electron chi connectivity index (χ3n) is 5.55. The predicted molar refractivity (Wildman–Crippen MR) is 143 cm³/mol. The topological polar surface area (TPSA) is 167 Å². The molecular weight excluding hydrogens is 581 g/mol. The van der Waals surface area contributed by atoms with Gasteiger partial charge in [0, 0.05) is 12.8 Å². The van der Waals surface area contributed by atoms with Crippen molar-refractivity contribution >= 4 is 30.2 Å². The van der Waals surface area contributed by atoms with Crippen LogP contribution < -0.4 is 15.4 Å². The maximum absolute atomic E-state index is 12.8. The van der Waals surface area contributed by atoms with Crippen LogP contribution in [-0.2, 0) is 41.4 Å². The second-order valence-corrected chi connectivity index (χ2v) is 10.1. The van der Waals surface area contributed by atoms with Gasteiger partial charge in [-0.05, 0) is 56.2 Å². The number of carbonyl (C=O) groups is 5. The molecule has 15 heteroatoms. The Morgan fingerprint density at radius 1 is 0.884 bits per heavy atom. The zero-order valence-corrected chi connectivity index (χ0v) is 23.9. The van der Waals surface area contributed by atoms with Gasteiger partial charge in [-0.25, -0.2) is 14.4 Å².